The van der Waals surface area contributed by atoms with Gasteiger partial charge in [-0.1, -0.05) is 19.8 Å². The fourth-order valence-corrected chi connectivity index (χ4v) is 2.69. The average Bonchev–Trinajstić information content (AvgIpc) is 2.97. The molecule has 0 saturated carbocycles. The predicted molar refractivity (Wildman–Crippen MR) is 76.4 cm³/mol. The molecule has 118 valence electrons. The van der Waals surface area contributed by atoms with Gasteiger partial charge in [-0.2, -0.15) is 13.2 Å². The lowest BCUT2D eigenvalue weighted by molar-refractivity contribution is -0.137. The molecule has 1 aromatic rings. The standard InChI is InChI=1S/C16H22F3NO/c1-2-3-4-15(12-9-10-20-11-12)21-14-7-5-13(6-8-14)16(17,18)19/h5-8,12,15,20H,2-4,9-11H2,1H3/t12?,15-/m1/s1. The molecule has 1 aliphatic heterocycles. The maximum absolute atomic E-state index is 12.5. The van der Waals surface area contributed by atoms with Crippen LogP contribution in [0.3, 0.4) is 0 Å². The largest absolute Gasteiger partial charge is 0.490 e. The number of nitrogens with one attached hydrogen (secondary N) is 1. The van der Waals surface area contributed by atoms with Gasteiger partial charge in [0.15, 0.2) is 0 Å². The summed E-state index contributed by atoms with van der Waals surface area (Å²) in [5.74, 6) is 0.967. The van der Waals surface area contributed by atoms with Crippen LogP contribution in [0.4, 0.5) is 13.2 Å². The third-order valence-corrected chi connectivity index (χ3v) is 3.94. The second-order valence-corrected chi connectivity index (χ2v) is 5.57. The molecule has 0 amide bonds. The highest BCUT2D eigenvalue weighted by Crippen LogP contribution is 2.31. The molecule has 0 bridgehead atoms. The molecule has 0 spiro atoms. The lowest BCUT2D eigenvalue weighted by Gasteiger charge is -2.24. The van der Waals surface area contributed by atoms with Crippen LogP contribution in [-0.2, 0) is 6.18 Å². The normalized spacial score (nSPS) is 20.5. The van der Waals surface area contributed by atoms with Crippen LogP contribution in [0, 0.1) is 5.92 Å². The first-order valence-electron chi connectivity index (χ1n) is 7.55. The van der Waals surface area contributed by atoms with Crippen molar-refractivity contribution < 1.29 is 17.9 Å². The Balaban J connectivity index is 2.01. The zero-order valence-electron chi connectivity index (χ0n) is 12.2. The fourth-order valence-electron chi connectivity index (χ4n) is 2.69. The number of hydrogen-bond donors (Lipinski definition) is 1. The van der Waals surface area contributed by atoms with E-state index in [2.05, 4.69) is 12.2 Å². The topological polar surface area (TPSA) is 21.3 Å². The molecule has 21 heavy (non-hydrogen) atoms. The van der Waals surface area contributed by atoms with Gasteiger partial charge in [-0.3, -0.25) is 0 Å². The average molecular weight is 301 g/mol. The van der Waals surface area contributed by atoms with Gasteiger partial charge in [0.25, 0.3) is 0 Å². The van der Waals surface area contributed by atoms with Crippen LogP contribution in [0.1, 0.15) is 38.2 Å². The molecule has 1 aromatic carbocycles. The van der Waals surface area contributed by atoms with Gasteiger partial charge in [0.2, 0.25) is 0 Å². The van der Waals surface area contributed by atoms with E-state index in [-0.39, 0.29) is 6.10 Å². The Morgan fingerprint density at radius 3 is 2.52 bits per heavy atom. The van der Waals surface area contributed by atoms with Crippen molar-refractivity contribution in [3.8, 4) is 5.75 Å². The van der Waals surface area contributed by atoms with E-state index in [4.69, 9.17) is 4.74 Å². The molecule has 1 unspecified atom stereocenters. The van der Waals surface area contributed by atoms with Gasteiger partial charge < -0.3 is 10.1 Å². The number of rotatable bonds is 6. The van der Waals surface area contributed by atoms with Crippen molar-refractivity contribution in [3.63, 3.8) is 0 Å². The molecule has 0 radical (unpaired) electrons. The van der Waals surface area contributed by atoms with Crippen molar-refractivity contribution >= 4 is 0 Å². The lowest BCUT2D eigenvalue weighted by atomic mass is 9.97. The minimum absolute atomic E-state index is 0.0803. The Morgan fingerprint density at radius 1 is 1.29 bits per heavy atom. The first-order valence-corrected chi connectivity index (χ1v) is 7.55. The van der Waals surface area contributed by atoms with Crippen LogP contribution in [0.15, 0.2) is 24.3 Å². The van der Waals surface area contributed by atoms with E-state index in [1.807, 2.05) is 0 Å². The highest BCUT2D eigenvalue weighted by molar-refractivity contribution is 5.29. The smallest absolute Gasteiger partial charge is 0.416 e. The van der Waals surface area contributed by atoms with Gasteiger partial charge in [0.1, 0.15) is 11.9 Å². The number of benzene rings is 1. The molecular weight excluding hydrogens is 279 g/mol. The first kappa shape index (κ1) is 16.1. The van der Waals surface area contributed by atoms with Crippen molar-refractivity contribution in [2.45, 2.75) is 44.9 Å². The Morgan fingerprint density at radius 2 is 2.00 bits per heavy atom. The molecule has 1 heterocycles. The summed E-state index contributed by atoms with van der Waals surface area (Å²) in [5.41, 5.74) is -0.637. The van der Waals surface area contributed by atoms with E-state index in [9.17, 15) is 13.2 Å². The second kappa shape index (κ2) is 7.16. The molecular formula is C16H22F3NO. The summed E-state index contributed by atoms with van der Waals surface area (Å²) in [6, 6.07) is 5.01. The second-order valence-electron chi connectivity index (χ2n) is 5.57. The van der Waals surface area contributed by atoms with Gasteiger partial charge >= 0.3 is 6.18 Å². The van der Waals surface area contributed by atoms with Crippen LogP contribution in [0.2, 0.25) is 0 Å². The molecule has 0 aliphatic carbocycles. The number of halogens is 3. The van der Waals surface area contributed by atoms with E-state index in [0.717, 1.165) is 50.9 Å². The Kier molecular flexibility index (Phi) is 5.51. The van der Waals surface area contributed by atoms with E-state index < -0.39 is 11.7 Å². The quantitative estimate of drug-likeness (QED) is 0.848. The number of hydrogen-bond acceptors (Lipinski definition) is 2. The Labute approximate surface area is 123 Å². The molecule has 2 rings (SSSR count). The Hall–Kier alpha value is -1.23. The summed E-state index contributed by atoms with van der Waals surface area (Å²) in [6.07, 6.45) is -0.0415. The van der Waals surface area contributed by atoms with E-state index in [1.165, 1.54) is 12.1 Å². The van der Waals surface area contributed by atoms with Crippen molar-refractivity contribution in [2.24, 2.45) is 5.92 Å². The molecule has 2 atom stereocenters. The Bertz CT molecular complexity index is 424. The summed E-state index contributed by atoms with van der Waals surface area (Å²) in [7, 11) is 0. The van der Waals surface area contributed by atoms with Gasteiger partial charge in [-0.05, 0) is 43.7 Å². The molecule has 0 aromatic heterocycles. The van der Waals surface area contributed by atoms with Crippen molar-refractivity contribution in [2.75, 3.05) is 13.1 Å². The van der Waals surface area contributed by atoms with E-state index in [0.29, 0.717) is 11.7 Å². The summed E-state index contributed by atoms with van der Waals surface area (Å²) in [4.78, 5) is 0. The minimum Gasteiger partial charge on any atom is -0.490 e. The summed E-state index contributed by atoms with van der Waals surface area (Å²) < 4.78 is 43.6. The van der Waals surface area contributed by atoms with E-state index >= 15 is 0 Å². The van der Waals surface area contributed by atoms with Gasteiger partial charge in [-0.25, -0.2) is 0 Å². The SMILES string of the molecule is CCCC[C@@H](Oc1ccc(C(F)(F)F)cc1)C1CCNC1. The minimum atomic E-state index is -4.30. The molecule has 2 nitrogen and oxygen atoms in total. The number of unbranched alkanes of at least 4 members (excludes halogenated alkanes) is 1. The third-order valence-electron chi connectivity index (χ3n) is 3.94. The summed E-state index contributed by atoms with van der Waals surface area (Å²) >= 11 is 0. The number of alkyl halides is 3. The molecule has 1 N–H and O–H groups in total. The lowest BCUT2D eigenvalue weighted by Crippen LogP contribution is -2.28. The van der Waals surface area contributed by atoms with Gasteiger partial charge in [0.05, 0.1) is 5.56 Å². The number of ether oxygens (including phenoxy) is 1. The highest BCUT2D eigenvalue weighted by atomic mass is 19.4. The summed E-state index contributed by atoms with van der Waals surface area (Å²) in [6.45, 7) is 4.04. The molecule has 5 heteroatoms. The zero-order chi connectivity index (χ0) is 15.3. The van der Waals surface area contributed by atoms with Crippen LogP contribution in [-0.4, -0.2) is 19.2 Å². The monoisotopic (exact) mass is 301 g/mol. The van der Waals surface area contributed by atoms with Crippen LogP contribution in [0.5, 0.6) is 5.75 Å². The molecule has 1 saturated heterocycles. The van der Waals surface area contributed by atoms with Crippen LogP contribution >= 0.6 is 0 Å². The van der Waals surface area contributed by atoms with Crippen molar-refractivity contribution in [1.29, 1.82) is 0 Å². The maximum atomic E-state index is 12.5. The maximum Gasteiger partial charge on any atom is 0.416 e. The zero-order valence-corrected chi connectivity index (χ0v) is 12.2. The third kappa shape index (κ3) is 4.63. The van der Waals surface area contributed by atoms with Crippen LogP contribution in [0.25, 0.3) is 0 Å². The molecule has 1 fully saturated rings. The van der Waals surface area contributed by atoms with Crippen LogP contribution < -0.4 is 10.1 Å². The fraction of sp³-hybridized carbons (Fsp3) is 0.625. The van der Waals surface area contributed by atoms with E-state index in [1.54, 1.807) is 0 Å². The summed E-state index contributed by atoms with van der Waals surface area (Å²) in [5, 5.41) is 3.32. The molecule has 1 aliphatic rings. The van der Waals surface area contributed by atoms with Crippen molar-refractivity contribution in [3.05, 3.63) is 29.8 Å². The van der Waals surface area contributed by atoms with Gasteiger partial charge in [0, 0.05) is 12.5 Å². The first-order chi connectivity index (χ1) is 10.0. The van der Waals surface area contributed by atoms with Crippen molar-refractivity contribution in [1.82, 2.24) is 5.32 Å². The highest BCUT2D eigenvalue weighted by Gasteiger charge is 2.30. The van der Waals surface area contributed by atoms with Gasteiger partial charge in [-0.15, -0.1) is 0 Å². The predicted octanol–water partition coefficient (Wildman–Crippen LogP) is 4.25.